The van der Waals surface area contributed by atoms with Crippen LogP contribution in [0.3, 0.4) is 0 Å². The van der Waals surface area contributed by atoms with E-state index in [9.17, 15) is 9.18 Å². The van der Waals surface area contributed by atoms with Crippen LogP contribution in [0.4, 0.5) is 4.39 Å². The molecule has 166 valence electrons. The van der Waals surface area contributed by atoms with Crippen molar-refractivity contribution in [1.82, 2.24) is 4.90 Å². The fourth-order valence-corrected chi connectivity index (χ4v) is 4.86. The molecule has 0 aromatic heterocycles. The first kappa shape index (κ1) is 22.0. The zero-order valence-corrected chi connectivity index (χ0v) is 18.4. The fraction of sp³-hybridized carbons (Fsp3) is 0.500. The lowest BCUT2D eigenvalue weighted by molar-refractivity contribution is -0.211. The molecule has 2 saturated heterocycles. The summed E-state index contributed by atoms with van der Waals surface area (Å²) < 4.78 is 26.0. The Morgan fingerprint density at radius 1 is 1.16 bits per heavy atom. The molecule has 31 heavy (non-hydrogen) atoms. The molecule has 3 atom stereocenters. The quantitative estimate of drug-likeness (QED) is 0.691. The van der Waals surface area contributed by atoms with Gasteiger partial charge in [-0.2, -0.15) is 0 Å². The molecule has 0 aliphatic carbocycles. The molecule has 2 aromatic carbocycles. The van der Waals surface area contributed by atoms with E-state index in [2.05, 4.69) is 26.0 Å². The molecule has 1 amide bonds. The fourth-order valence-electron chi connectivity index (χ4n) is 4.86. The van der Waals surface area contributed by atoms with E-state index in [1.54, 1.807) is 0 Å². The van der Waals surface area contributed by atoms with Crippen molar-refractivity contribution < 1.29 is 18.7 Å². The van der Waals surface area contributed by atoms with Gasteiger partial charge in [-0.3, -0.25) is 4.79 Å². The number of benzene rings is 2. The molecule has 0 N–H and O–H groups in total. The van der Waals surface area contributed by atoms with Crippen molar-refractivity contribution in [2.75, 3.05) is 26.3 Å². The third-order valence-electron chi connectivity index (χ3n) is 6.65. The predicted molar refractivity (Wildman–Crippen MR) is 118 cm³/mol. The largest absolute Gasteiger partial charge is 0.370 e. The van der Waals surface area contributed by atoms with E-state index in [0.717, 1.165) is 18.4 Å². The molecular formula is C26H32FNO3. The molecule has 0 radical (unpaired) electrons. The topological polar surface area (TPSA) is 38.8 Å². The second-order valence-electron chi connectivity index (χ2n) is 9.23. The van der Waals surface area contributed by atoms with Crippen LogP contribution in [-0.4, -0.2) is 42.7 Å². The Balaban J connectivity index is 1.42. The average molecular weight is 426 g/mol. The summed E-state index contributed by atoms with van der Waals surface area (Å²) in [6, 6.07) is 16.7. The van der Waals surface area contributed by atoms with Crippen LogP contribution in [-0.2, 0) is 20.7 Å². The van der Waals surface area contributed by atoms with E-state index in [-0.39, 0.29) is 23.7 Å². The van der Waals surface area contributed by atoms with Crippen molar-refractivity contribution in [2.45, 2.75) is 44.8 Å². The molecule has 5 heteroatoms. The zero-order chi connectivity index (χ0) is 21.8. The highest BCUT2D eigenvalue weighted by Crippen LogP contribution is 2.44. The predicted octanol–water partition coefficient (Wildman–Crippen LogP) is 4.79. The Bertz CT molecular complexity index is 870. The van der Waals surface area contributed by atoms with Crippen LogP contribution in [0.15, 0.2) is 54.6 Å². The van der Waals surface area contributed by atoms with E-state index >= 15 is 0 Å². The molecular weight excluding hydrogens is 393 g/mol. The van der Waals surface area contributed by atoms with Crippen molar-refractivity contribution in [2.24, 2.45) is 11.8 Å². The monoisotopic (exact) mass is 425 g/mol. The first-order valence-electron chi connectivity index (χ1n) is 11.3. The Kier molecular flexibility index (Phi) is 6.73. The second kappa shape index (κ2) is 9.49. The minimum Gasteiger partial charge on any atom is -0.370 e. The molecule has 2 aliphatic rings. The van der Waals surface area contributed by atoms with Crippen molar-refractivity contribution in [1.29, 1.82) is 0 Å². The minimum atomic E-state index is -0.466. The van der Waals surface area contributed by atoms with E-state index in [4.69, 9.17) is 9.47 Å². The number of halogens is 1. The Morgan fingerprint density at radius 2 is 1.90 bits per heavy atom. The lowest BCUT2D eigenvalue weighted by Gasteiger charge is -2.50. The van der Waals surface area contributed by atoms with Gasteiger partial charge < -0.3 is 14.4 Å². The van der Waals surface area contributed by atoms with Crippen LogP contribution in [0.25, 0.3) is 0 Å². The van der Waals surface area contributed by atoms with Gasteiger partial charge in [-0.05, 0) is 47.9 Å². The molecule has 2 heterocycles. The van der Waals surface area contributed by atoms with Gasteiger partial charge in [0.05, 0.1) is 25.9 Å². The molecule has 4 rings (SSSR count). The first-order chi connectivity index (χ1) is 15.0. The maximum absolute atomic E-state index is 13.4. The number of hydrogen-bond donors (Lipinski definition) is 0. The summed E-state index contributed by atoms with van der Waals surface area (Å²) in [4.78, 5) is 14.9. The van der Waals surface area contributed by atoms with Crippen molar-refractivity contribution >= 4 is 5.91 Å². The van der Waals surface area contributed by atoms with Gasteiger partial charge >= 0.3 is 0 Å². The van der Waals surface area contributed by atoms with Gasteiger partial charge in [0.1, 0.15) is 11.4 Å². The lowest BCUT2D eigenvalue weighted by Crippen LogP contribution is -2.59. The third kappa shape index (κ3) is 5.16. The third-order valence-corrected chi connectivity index (χ3v) is 6.65. The van der Waals surface area contributed by atoms with Gasteiger partial charge in [0.25, 0.3) is 0 Å². The van der Waals surface area contributed by atoms with Gasteiger partial charge in [0.2, 0.25) is 5.91 Å². The Labute approximate surface area is 184 Å². The summed E-state index contributed by atoms with van der Waals surface area (Å²) >= 11 is 0. The van der Waals surface area contributed by atoms with Crippen molar-refractivity contribution in [3.8, 4) is 0 Å². The molecule has 2 aliphatic heterocycles. The number of hydrogen-bond acceptors (Lipinski definition) is 3. The highest BCUT2D eigenvalue weighted by molar-refractivity contribution is 5.76. The summed E-state index contributed by atoms with van der Waals surface area (Å²) in [5.74, 6) is 0.546. The number of amides is 1. The van der Waals surface area contributed by atoms with E-state index in [1.165, 1.54) is 17.7 Å². The van der Waals surface area contributed by atoms with Crippen LogP contribution < -0.4 is 0 Å². The summed E-state index contributed by atoms with van der Waals surface area (Å²) in [6.45, 7) is 6.56. The normalized spacial score (nSPS) is 26.4. The van der Waals surface area contributed by atoms with Crippen LogP contribution >= 0.6 is 0 Å². The average Bonchev–Trinajstić information content (AvgIpc) is 2.79. The summed E-state index contributed by atoms with van der Waals surface area (Å²) in [6.07, 6.45) is 2.00. The molecule has 0 saturated carbocycles. The van der Waals surface area contributed by atoms with Gasteiger partial charge in [0, 0.05) is 13.0 Å². The van der Waals surface area contributed by atoms with Crippen LogP contribution in [0.2, 0.25) is 0 Å². The highest BCUT2D eigenvalue weighted by atomic mass is 19.1. The van der Waals surface area contributed by atoms with Crippen molar-refractivity contribution in [3.63, 3.8) is 0 Å². The number of nitrogens with zero attached hydrogens (tertiary/aromatic N) is 1. The number of ether oxygens (including phenoxy) is 2. The number of carbonyl (C=O) groups excluding carboxylic acids is 1. The summed E-state index contributed by atoms with van der Waals surface area (Å²) in [5.41, 5.74) is 1.72. The van der Waals surface area contributed by atoms with Crippen LogP contribution in [0, 0.1) is 17.7 Å². The molecule has 2 aromatic rings. The first-order valence-corrected chi connectivity index (χ1v) is 11.3. The van der Waals surface area contributed by atoms with Gasteiger partial charge in [-0.1, -0.05) is 56.3 Å². The number of aryl methyl sites for hydroxylation is 1. The Morgan fingerprint density at radius 3 is 2.61 bits per heavy atom. The lowest BCUT2D eigenvalue weighted by atomic mass is 9.75. The summed E-state index contributed by atoms with van der Waals surface area (Å²) in [7, 11) is 0. The molecule has 2 fully saturated rings. The second-order valence-corrected chi connectivity index (χ2v) is 9.23. The van der Waals surface area contributed by atoms with Crippen LogP contribution in [0.1, 0.15) is 43.9 Å². The van der Waals surface area contributed by atoms with Crippen molar-refractivity contribution in [3.05, 3.63) is 71.5 Å². The zero-order valence-electron chi connectivity index (χ0n) is 18.4. The maximum Gasteiger partial charge on any atom is 0.223 e. The molecule has 4 nitrogen and oxygen atoms in total. The van der Waals surface area contributed by atoms with Gasteiger partial charge in [-0.25, -0.2) is 4.39 Å². The molecule has 0 unspecified atom stereocenters. The number of carbonyl (C=O) groups is 1. The molecule has 0 bridgehead atoms. The van der Waals surface area contributed by atoms with E-state index in [1.807, 2.05) is 35.2 Å². The number of rotatable bonds is 5. The van der Waals surface area contributed by atoms with Gasteiger partial charge in [-0.15, -0.1) is 0 Å². The number of morpholine rings is 1. The SMILES string of the molecule is CC(C)[C@@H]1C[C@@]2(CO[C@H]1c1ccc(F)cc1)CN(C(=O)CCc1ccccc1)CCO2. The van der Waals surface area contributed by atoms with Crippen LogP contribution in [0.5, 0.6) is 0 Å². The van der Waals surface area contributed by atoms with E-state index in [0.29, 0.717) is 38.6 Å². The maximum atomic E-state index is 13.4. The minimum absolute atomic E-state index is 0.0843. The van der Waals surface area contributed by atoms with Gasteiger partial charge in [0.15, 0.2) is 0 Å². The smallest absolute Gasteiger partial charge is 0.223 e. The highest BCUT2D eigenvalue weighted by Gasteiger charge is 2.47. The Hall–Kier alpha value is -2.24. The standard InChI is InChI=1S/C26H32FNO3/c1-19(2)23-16-26(18-30-25(23)21-9-11-22(27)12-10-21)17-28(14-15-31-26)24(29)13-8-20-6-4-3-5-7-20/h3-7,9-12,19,23,25H,8,13-18H2,1-2H3/t23-,25-,26-/m0/s1. The summed E-state index contributed by atoms with van der Waals surface area (Å²) in [5, 5.41) is 0. The molecule has 1 spiro atoms. The van der Waals surface area contributed by atoms with E-state index < -0.39 is 5.60 Å².